The molecule has 0 saturated heterocycles. The Balaban J connectivity index is 2.68. The molecule has 0 atom stereocenters. The first kappa shape index (κ1) is 17.9. The minimum Gasteiger partial charge on any atom is -0.399 e. The Hall–Kier alpha value is -1.13. The number of sulfone groups is 2. The fraction of sp³-hybridized carbons (Fsp3) is 0.364. The Kier molecular flexibility index (Phi) is 5.76. The van der Waals surface area contributed by atoms with Crippen molar-refractivity contribution in [2.45, 2.75) is 0 Å². The molecule has 10 heteroatoms. The smallest absolute Gasteiger partial charge is 0.239 e. The third-order valence-corrected chi connectivity index (χ3v) is 5.77. The molecule has 0 aliphatic carbocycles. The molecule has 0 saturated carbocycles. The van der Waals surface area contributed by atoms with E-state index in [1.807, 2.05) is 0 Å². The Morgan fingerprint density at radius 3 is 2.38 bits per heavy atom. The predicted octanol–water partition coefficient (Wildman–Crippen LogP) is 0.429. The minimum absolute atomic E-state index is 0.382. The molecule has 1 amide bonds. The molecule has 0 aliphatic heterocycles. The van der Waals surface area contributed by atoms with Gasteiger partial charge in [-0.05, 0) is 34.1 Å². The van der Waals surface area contributed by atoms with Crippen LogP contribution >= 0.6 is 15.9 Å². The zero-order chi connectivity index (χ0) is 16.3. The van der Waals surface area contributed by atoms with Crippen molar-refractivity contribution in [1.82, 2.24) is 0 Å². The third-order valence-electron chi connectivity index (χ3n) is 2.38. The lowest BCUT2D eigenvalue weighted by Gasteiger charge is -2.08. The summed E-state index contributed by atoms with van der Waals surface area (Å²) in [6.45, 7) is 0. The van der Waals surface area contributed by atoms with Gasteiger partial charge in [0.25, 0.3) is 0 Å². The lowest BCUT2D eigenvalue weighted by molar-refractivity contribution is -0.113. The van der Waals surface area contributed by atoms with Crippen LogP contribution in [0.1, 0.15) is 0 Å². The van der Waals surface area contributed by atoms with Crippen LogP contribution in [0.3, 0.4) is 0 Å². The minimum atomic E-state index is -3.79. The van der Waals surface area contributed by atoms with Crippen LogP contribution in [-0.2, 0) is 24.5 Å². The van der Waals surface area contributed by atoms with E-state index in [9.17, 15) is 21.6 Å². The number of carbonyl (C=O) groups excluding carboxylic acids is 1. The van der Waals surface area contributed by atoms with Crippen LogP contribution in [0.15, 0.2) is 22.7 Å². The van der Waals surface area contributed by atoms with Crippen molar-refractivity contribution >= 4 is 52.9 Å². The van der Waals surface area contributed by atoms with E-state index in [4.69, 9.17) is 5.73 Å². The SMILES string of the molecule is CS(=O)(=O)CCS(=O)(=O)CC(=O)Nc1ccc(N)cc1Br. The molecule has 1 aromatic carbocycles. The summed E-state index contributed by atoms with van der Waals surface area (Å²) >= 11 is 3.19. The summed E-state index contributed by atoms with van der Waals surface area (Å²) in [4.78, 5) is 11.7. The second kappa shape index (κ2) is 6.75. The normalized spacial score (nSPS) is 12.1. The van der Waals surface area contributed by atoms with Gasteiger partial charge in [-0.1, -0.05) is 0 Å². The van der Waals surface area contributed by atoms with E-state index in [-0.39, 0.29) is 0 Å². The monoisotopic (exact) mass is 398 g/mol. The maximum absolute atomic E-state index is 11.7. The van der Waals surface area contributed by atoms with E-state index in [2.05, 4.69) is 21.2 Å². The molecule has 21 heavy (non-hydrogen) atoms. The van der Waals surface area contributed by atoms with Crippen molar-refractivity contribution in [2.24, 2.45) is 0 Å². The van der Waals surface area contributed by atoms with Crippen molar-refractivity contribution < 1.29 is 21.6 Å². The Morgan fingerprint density at radius 2 is 1.86 bits per heavy atom. The van der Waals surface area contributed by atoms with Gasteiger partial charge < -0.3 is 11.1 Å². The quantitative estimate of drug-likeness (QED) is 0.669. The average Bonchev–Trinajstić information content (AvgIpc) is 2.29. The summed E-state index contributed by atoms with van der Waals surface area (Å²) in [7, 11) is -7.18. The van der Waals surface area contributed by atoms with E-state index in [0.717, 1.165) is 6.26 Å². The maximum atomic E-state index is 11.7. The second-order valence-electron chi connectivity index (χ2n) is 4.51. The van der Waals surface area contributed by atoms with Crippen molar-refractivity contribution in [3.8, 4) is 0 Å². The van der Waals surface area contributed by atoms with Gasteiger partial charge in [-0.2, -0.15) is 0 Å². The first-order valence-electron chi connectivity index (χ1n) is 5.71. The van der Waals surface area contributed by atoms with Crippen molar-refractivity contribution in [3.63, 3.8) is 0 Å². The molecule has 1 rings (SSSR count). The molecule has 7 nitrogen and oxygen atoms in total. The second-order valence-corrected chi connectivity index (χ2v) is 9.81. The molecule has 0 aromatic heterocycles. The number of halogens is 1. The maximum Gasteiger partial charge on any atom is 0.239 e. The molecule has 0 aliphatic rings. The topological polar surface area (TPSA) is 123 Å². The van der Waals surface area contributed by atoms with Gasteiger partial charge in [-0.15, -0.1) is 0 Å². The standard InChI is InChI=1S/C11H15BrN2O5S2/c1-20(16,17)4-5-21(18,19)7-11(15)14-10-3-2-8(13)6-9(10)12/h2-3,6H,4-5,7,13H2,1H3,(H,14,15). The average molecular weight is 399 g/mol. The zero-order valence-electron chi connectivity index (χ0n) is 11.2. The van der Waals surface area contributed by atoms with Gasteiger partial charge in [0.1, 0.15) is 15.6 Å². The number of anilines is 2. The van der Waals surface area contributed by atoms with Crippen LogP contribution in [0.25, 0.3) is 0 Å². The highest BCUT2D eigenvalue weighted by molar-refractivity contribution is 9.10. The van der Waals surface area contributed by atoms with Gasteiger partial charge in [0.2, 0.25) is 5.91 Å². The van der Waals surface area contributed by atoms with Gasteiger partial charge >= 0.3 is 0 Å². The number of benzene rings is 1. The highest BCUT2D eigenvalue weighted by Crippen LogP contribution is 2.24. The largest absolute Gasteiger partial charge is 0.399 e. The molecule has 0 radical (unpaired) electrons. The third kappa shape index (κ3) is 6.91. The number of hydrogen-bond donors (Lipinski definition) is 2. The lowest BCUT2D eigenvalue weighted by atomic mass is 10.3. The Bertz CT molecular complexity index is 744. The molecular weight excluding hydrogens is 384 g/mol. The number of amides is 1. The fourth-order valence-corrected chi connectivity index (χ4v) is 4.71. The molecule has 0 bridgehead atoms. The molecule has 0 unspecified atom stereocenters. The molecule has 1 aromatic rings. The number of hydrogen-bond acceptors (Lipinski definition) is 6. The van der Waals surface area contributed by atoms with Crippen LogP contribution < -0.4 is 11.1 Å². The van der Waals surface area contributed by atoms with E-state index in [0.29, 0.717) is 15.8 Å². The van der Waals surface area contributed by atoms with Gasteiger partial charge in [0.15, 0.2) is 9.84 Å². The summed E-state index contributed by atoms with van der Waals surface area (Å²) in [5.74, 6) is -2.61. The van der Waals surface area contributed by atoms with Crippen LogP contribution in [0.5, 0.6) is 0 Å². The molecule has 0 fully saturated rings. The van der Waals surface area contributed by atoms with Gasteiger partial charge in [0.05, 0.1) is 17.2 Å². The Morgan fingerprint density at radius 1 is 1.24 bits per heavy atom. The predicted molar refractivity (Wildman–Crippen MR) is 85.5 cm³/mol. The fourth-order valence-electron chi connectivity index (χ4n) is 1.37. The first-order valence-corrected chi connectivity index (χ1v) is 10.4. The summed E-state index contributed by atoms with van der Waals surface area (Å²) in [5.41, 5.74) is 6.41. The Labute approximate surface area is 131 Å². The number of carbonyl (C=O) groups is 1. The first-order chi connectivity index (χ1) is 9.48. The number of nitrogens with one attached hydrogen (secondary N) is 1. The van der Waals surface area contributed by atoms with Crippen LogP contribution in [-0.4, -0.2) is 46.3 Å². The van der Waals surface area contributed by atoms with Crippen molar-refractivity contribution in [2.75, 3.05) is 34.6 Å². The molecule has 3 N–H and O–H groups in total. The molecule has 0 heterocycles. The zero-order valence-corrected chi connectivity index (χ0v) is 14.4. The number of nitrogens with two attached hydrogens (primary N) is 1. The van der Waals surface area contributed by atoms with Crippen LogP contribution in [0, 0.1) is 0 Å². The van der Waals surface area contributed by atoms with Crippen molar-refractivity contribution in [1.29, 1.82) is 0 Å². The molecular formula is C11H15BrN2O5S2. The van der Waals surface area contributed by atoms with Crippen LogP contribution in [0.4, 0.5) is 11.4 Å². The molecule has 118 valence electrons. The van der Waals surface area contributed by atoms with Gasteiger partial charge in [-0.25, -0.2) is 16.8 Å². The number of rotatable bonds is 6. The van der Waals surface area contributed by atoms with E-state index in [1.54, 1.807) is 12.1 Å². The highest BCUT2D eigenvalue weighted by atomic mass is 79.9. The van der Waals surface area contributed by atoms with Gasteiger partial charge in [-0.3, -0.25) is 4.79 Å². The van der Waals surface area contributed by atoms with Gasteiger partial charge in [0, 0.05) is 16.4 Å². The summed E-state index contributed by atoms with van der Waals surface area (Å²) in [6, 6.07) is 4.65. The van der Waals surface area contributed by atoms with Crippen LogP contribution in [0.2, 0.25) is 0 Å². The van der Waals surface area contributed by atoms with E-state index < -0.39 is 42.8 Å². The highest BCUT2D eigenvalue weighted by Gasteiger charge is 2.19. The summed E-state index contributed by atoms with van der Waals surface area (Å²) < 4.78 is 45.7. The van der Waals surface area contributed by atoms with E-state index >= 15 is 0 Å². The molecule has 0 spiro atoms. The number of nitrogen functional groups attached to an aromatic ring is 1. The van der Waals surface area contributed by atoms with E-state index in [1.165, 1.54) is 6.07 Å². The summed E-state index contributed by atoms with van der Waals surface area (Å²) in [5, 5.41) is 2.42. The van der Waals surface area contributed by atoms with Crippen molar-refractivity contribution in [3.05, 3.63) is 22.7 Å². The summed E-state index contributed by atoms with van der Waals surface area (Å²) in [6.07, 6.45) is 0.939. The lowest BCUT2D eigenvalue weighted by Crippen LogP contribution is -2.27.